The predicted molar refractivity (Wildman–Crippen MR) is 50.7 cm³/mol. The van der Waals surface area contributed by atoms with Gasteiger partial charge in [-0.2, -0.15) is 0 Å². The summed E-state index contributed by atoms with van der Waals surface area (Å²) in [4.78, 5) is 0. The fourth-order valence-corrected chi connectivity index (χ4v) is 0.855. The molecule has 0 aliphatic rings. The van der Waals surface area contributed by atoms with Crippen molar-refractivity contribution in [2.24, 2.45) is 0 Å². The summed E-state index contributed by atoms with van der Waals surface area (Å²) in [6.07, 6.45) is 1.96. The lowest BCUT2D eigenvalue weighted by molar-refractivity contribution is 0.200. The van der Waals surface area contributed by atoms with Gasteiger partial charge in [0.15, 0.2) is 0 Å². The van der Waals surface area contributed by atoms with Gasteiger partial charge >= 0.3 is 0 Å². The van der Waals surface area contributed by atoms with Crippen LogP contribution in [0.3, 0.4) is 0 Å². The van der Waals surface area contributed by atoms with E-state index in [0.29, 0.717) is 6.61 Å². The maximum absolute atomic E-state index is 5.44. The van der Waals surface area contributed by atoms with Crippen LogP contribution in [0.4, 0.5) is 0 Å². The number of hydrogen-bond donors (Lipinski definition) is 0. The van der Waals surface area contributed by atoms with Crippen LogP contribution in [0.25, 0.3) is 0 Å². The highest BCUT2D eigenvalue weighted by Gasteiger charge is 1.90. The van der Waals surface area contributed by atoms with Gasteiger partial charge in [0.2, 0.25) is 0 Å². The second-order valence-electron chi connectivity index (χ2n) is 2.67. The van der Waals surface area contributed by atoms with Crippen molar-refractivity contribution in [2.75, 3.05) is 0 Å². The van der Waals surface area contributed by atoms with Crippen LogP contribution >= 0.6 is 0 Å². The highest BCUT2D eigenvalue weighted by atomic mass is 16.5. The van der Waals surface area contributed by atoms with Gasteiger partial charge in [0.1, 0.15) is 6.61 Å². The summed E-state index contributed by atoms with van der Waals surface area (Å²) in [7, 11) is 0. The highest BCUT2D eigenvalue weighted by Crippen LogP contribution is 2.04. The predicted octanol–water partition coefficient (Wildman–Crippen LogP) is 3.13. The van der Waals surface area contributed by atoms with Gasteiger partial charge in [-0.3, -0.25) is 0 Å². The second-order valence-corrected chi connectivity index (χ2v) is 2.67. The Labute approximate surface area is 73.7 Å². The first-order valence-electron chi connectivity index (χ1n) is 4.12. The Morgan fingerprint density at radius 3 is 2.58 bits per heavy atom. The van der Waals surface area contributed by atoms with Gasteiger partial charge in [-0.15, -0.1) is 0 Å². The Hall–Kier alpha value is -1.24. The quantitative estimate of drug-likeness (QED) is 0.620. The Bertz CT molecular complexity index is 249. The molecule has 64 valence electrons. The van der Waals surface area contributed by atoms with E-state index in [9.17, 15) is 0 Å². The fourth-order valence-electron chi connectivity index (χ4n) is 0.855. The van der Waals surface area contributed by atoms with Crippen LogP contribution in [-0.4, -0.2) is 0 Å². The maximum atomic E-state index is 5.44. The standard InChI is InChI=1S/C11H14O/c1-3-10(2)12-9-11-7-5-4-6-8-11/h3-8H,9H2,1-2H3/b10-3+. The number of allylic oxidation sites excluding steroid dienone is 2. The minimum Gasteiger partial charge on any atom is -0.494 e. The summed E-state index contributed by atoms with van der Waals surface area (Å²) < 4.78 is 5.44. The van der Waals surface area contributed by atoms with E-state index >= 15 is 0 Å². The first-order valence-corrected chi connectivity index (χ1v) is 4.12. The van der Waals surface area contributed by atoms with Crippen molar-refractivity contribution in [2.45, 2.75) is 20.5 Å². The minimum absolute atomic E-state index is 0.664. The lowest BCUT2D eigenvalue weighted by Crippen LogP contribution is -1.89. The topological polar surface area (TPSA) is 9.23 Å². The first kappa shape index (κ1) is 8.85. The van der Waals surface area contributed by atoms with Crippen molar-refractivity contribution in [3.05, 3.63) is 47.7 Å². The third-order valence-electron chi connectivity index (χ3n) is 1.72. The maximum Gasteiger partial charge on any atom is 0.113 e. The average Bonchev–Trinajstić information content (AvgIpc) is 2.16. The van der Waals surface area contributed by atoms with Crippen LogP contribution in [0, 0.1) is 0 Å². The number of rotatable bonds is 3. The zero-order valence-electron chi connectivity index (χ0n) is 7.58. The van der Waals surface area contributed by atoms with Gasteiger partial charge in [-0.1, -0.05) is 30.3 Å². The van der Waals surface area contributed by atoms with Gasteiger partial charge < -0.3 is 4.74 Å². The number of hydrogen-bond acceptors (Lipinski definition) is 1. The largest absolute Gasteiger partial charge is 0.494 e. The number of ether oxygens (including phenoxy) is 1. The van der Waals surface area contributed by atoms with E-state index in [1.807, 2.05) is 38.1 Å². The molecule has 1 nitrogen and oxygen atoms in total. The van der Waals surface area contributed by atoms with Crippen LogP contribution in [0.15, 0.2) is 42.2 Å². The van der Waals surface area contributed by atoms with E-state index in [1.54, 1.807) is 0 Å². The molecule has 0 radical (unpaired) electrons. The summed E-state index contributed by atoms with van der Waals surface area (Å²) >= 11 is 0. The molecule has 1 aromatic rings. The molecule has 0 atom stereocenters. The third-order valence-corrected chi connectivity index (χ3v) is 1.72. The molecule has 0 spiro atoms. The molecular weight excluding hydrogens is 148 g/mol. The summed E-state index contributed by atoms with van der Waals surface area (Å²) in [6, 6.07) is 10.2. The SMILES string of the molecule is C/C=C(\C)OCc1ccccc1. The molecular formula is C11H14O. The van der Waals surface area contributed by atoms with Crippen LogP contribution in [-0.2, 0) is 11.3 Å². The Morgan fingerprint density at radius 1 is 1.33 bits per heavy atom. The van der Waals surface area contributed by atoms with Crippen molar-refractivity contribution < 1.29 is 4.74 Å². The molecule has 0 fully saturated rings. The van der Waals surface area contributed by atoms with Crippen molar-refractivity contribution in [3.8, 4) is 0 Å². The van der Waals surface area contributed by atoms with Crippen molar-refractivity contribution in [1.82, 2.24) is 0 Å². The molecule has 0 amide bonds. The molecule has 1 rings (SSSR count). The van der Waals surface area contributed by atoms with Gasteiger partial charge in [0, 0.05) is 0 Å². The van der Waals surface area contributed by atoms with E-state index in [4.69, 9.17) is 4.74 Å². The summed E-state index contributed by atoms with van der Waals surface area (Å²) in [5.41, 5.74) is 1.21. The fraction of sp³-hybridized carbons (Fsp3) is 0.273. The Balaban J connectivity index is 2.44. The van der Waals surface area contributed by atoms with E-state index in [0.717, 1.165) is 5.76 Å². The molecule has 12 heavy (non-hydrogen) atoms. The van der Waals surface area contributed by atoms with E-state index < -0.39 is 0 Å². The van der Waals surface area contributed by atoms with Gasteiger partial charge in [-0.25, -0.2) is 0 Å². The van der Waals surface area contributed by atoms with E-state index in [1.165, 1.54) is 5.56 Å². The van der Waals surface area contributed by atoms with E-state index in [2.05, 4.69) is 12.1 Å². The molecule has 0 saturated carbocycles. The summed E-state index contributed by atoms with van der Waals surface area (Å²) in [5.74, 6) is 0.971. The zero-order valence-corrected chi connectivity index (χ0v) is 7.58. The molecule has 0 aliphatic carbocycles. The third kappa shape index (κ3) is 2.79. The summed E-state index contributed by atoms with van der Waals surface area (Å²) in [5, 5.41) is 0. The van der Waals surface area contributed by atoms with E-state index in [-0.39, 0.29) is 0 Å². The van der Waals surface area contributed by atoms with Crippen LogP contribution in [0.2, 0.25) is 0 Å². The zero-order chi connectivity index (χ0) is 8.81. The van der Waals surface area contributed by atoms with Crippen LogP contribution in [0.5, 0.6) is 0 Å². The molecule has 0 saturated heterocycles. The first-order chi connectivity index (χ1) is 5.83. The lowest BCUT2D eigenvalue weighted by Gasteiger charge is -2.04. The minimum atomic E-state index is 0.664. The lowest BCUT2D eigenvalue weighted by atomic mass is 10.2. The average molecular weight is 162 g/mol. The molecule has 0 aliphatic heterocycles. The Kier molecular flexibility index (Phi) is 3.39. The van der Waals surface area contributed by atoms with Crippen LogP contribution in [0.1, 0.15) is 19.4 Å². The summed E-state index contributed by atoms with van der Waals surface area (Å²) in [6.45, 7) is 4.60. The van der Waals surface area contributed by atoms with Gasteiger partial charge in [0.25, 0.3) is 0 Å². The molecule has 1 heteroatoms. The van der Waals surface area contributed by atoms with Crippen molar-refractivity contribution in [1.29, 1.82) is 0 Å². The molecule has 1 aromatic carbocycles. The second kappa shape index (κ2) is 4.60. The monoisotopic (exact) mass is 162 g/mol. The highest BCUT2D eigenvalue weighted by molar-refractivity contribution is 5.13. The van der Waals surface area contributed by atoms with Gasteiger partial charge in [0.05, 0.1) is 5.76 Å². The van der Waals surface area contributed by atoms with Crippen LogP contribution < -0.4 is 0 Å². The molecule has 0 heterocycles. The molecule has 0 bridgehead atoms. The molecule has 0 N–H and O–H groups in total. The normalized spacial score (nSPS) is 11.3. The number of benzene rings is 1. The smallest absolute Gasteiger partial charge is 0.113 e. The molecule has 0 aromatic heterocycles. The van der Waals surface area contributed by atoms with Crippen molar-refractivity contribution >= 4 is 0 Å². The van der Waals surface area contributed by atoms with Crippen molar-refractivity contribution in [3.63, 3.8) is 0 Å². The molecule has 0 unspecified atom stereocenters. The Morgan fingerprint density at radius 2 is 2.00 bits per heavy atom. The van der Waals surface area contributed by atoms with Gasteiger partial charge in [-0.05, 0) is 25.5 Å².